The van der Waals surface area contributed by atoms with Crippen molar-refractivity contribution in [3.8, 4) is 0 Å². The number of hydrogen-bond donors (Lipinski definition) is 3. The number of ether oxygens (including phenoxy) is 1. The molecule has 0 unspecified atom stereocenters. The van der Waals surface area contributed by atoms with Gasteiger partial charge >= 0.3 is 0 Å². The molecule has 0 bridgehead atoms. The first-order valence-electron chi connectivity index (χ1n) is 10.9. The van der Waals surface area contributed by atoms with Crippen LogP contribution in [-0.4, -0.2) is 54.1 Å². The van der Waals surface area contributed by atoms with Crippen LogP contribution in [0, 0.1) is 5.92 Å². The lowest BCUT2D eigenvalue weighted by molar-refractivity contribution is -0.130. The smallest absolute Gasteiger partial charge is 0.252 e. The van der Waals surface area contributed by atoms with Gasteiger partial charge in [0.15, 0.2) is 5.78 Å². The van der Waals surface area contributed by atoms with E-state index in [1.807, 2.05) is 36.4 Å². The Morgan fingerprint density at radius 2 is 1.66 bits per heavy atom. The number of Topliss-reactive ketones (excluding diaryl/α,β-unsaturated/α-hetero) is 1. The summed E-state index contributed by atoms with van der Waals surface area (Å²) in [6.07, 6.45) is 0.612. The molecule has 0 aliphatic carbocycles. The molecule has 32 heavy (non-hydrogen) atoms. The minimum atomic E-state index is -1.18. The van der Waals surface area contributed by atoms with Crippen LogP contribution in [0.2, 0.25) is 0 Å². The summed E-state index contributed by atoms with van der Waals surface area (Å²) in [6.45, 7) is 3.94. The largest absolute Gasteiger partial charge is 0.394 e. The zero-order chi connectivity index (χ0) is 23.1. The van der Waals surface area contributed by atoms with E-state index in [2.05, 4.69) is 24.5 Å². The summed E-state index contributed by atoms with van der Waals surface area (Å²) in [5.41, 5.74) is 2.33. The molecule has 1 fully saturated rings. The number of benzene rings is 2. The van der Waals surface area contributed by atoms with Crippen LogP contribution in [0.1, 0.15) is 35.3 Å². The fraction of sp³-hybridized carbons (Fsp3) is 0.400. The number of amides is 2. The average Bonchev–Trinajstić information content (AvgIpc) is 3.62. The van der Waals surface area contributed by atoms with Gasteiger partial charge in [-0.2, -0.15) is 0 Å². The van der Waals surface area contributed by atoms with E-state index in [9.17, 15) is 19.5 Å². The van der Waals surface area contributed by atoms with Crippen LogP contribution in [0.4, 0.5) is 0 Å². The van der Waals surface area contributed by atoms with Crippen molar-refractivity contribution in [3.63, 3.8) is 0 Å². The number of rotatable bonds is 11. The molecule has 2 amide bonds. The van der Waals surface area contributed by atoms with Gasteiger partial charge < -0.3 is 20.5 Å². The zero-order valence-electron chi connectivity index (χ0n) is 18.4. The summed E-state index contributed by atoms with van der Waals surface area (Å²) < 4.78 is 5.10. The summed E-state index contributed by atoms with van der Waals surface area (Å²) in [7, 11) is 0. The summed E-state index contributed by atoms with van der Waals surface area (Å²) >= 11 is 0. The number of ketones is 1. The van der Waals surface area contributed by atoms with Crippen molar-refractivity contribution in [1.82, 2.24) is 10.6 Å². The highest BCUT2D eigenvalue weighted by Gasteiger charge is 2.38. The van der Waals surface area contributed by atoms with Gasteiger partial charge in [0.1, 0.15) is 12.1 Å². The standard InChI is InChI=1S/C25H30N2O5/c1-16(2)11-18-9-6-10-19(12-18)24(30)27-21(14-28)25(31)26-20(23(29)22-15-32-22)13-17-7-4-3-5-8-17/h3-10,12,16,20-22,28H,11,13-15H2,1-2H3,(H,26,31)(H,27,30)/t20-,21-,22+/m0/s1. The molecule has 170 valence electrons. The minimum Gasteiger partial charge on any atom is -0.394 e. The van der Waals surface area contributed by atoms with Crippen molar-refractivity contribution in [3.05, 3.63) is 71.3 Å². The maximum atomic E-state index is 12.8. The molecule has 2 aromatic carbocycles. The number of carbonyl (C=O) groups is 3. The molecule has 3 atom stereocenters. The molecule has 0 spiro atoms. The Bertz CT molecular complexity index is 940. The Hall–Kier alpha value is -3.03. The van der Waals surface area contributed by atoms with Crippen molar-refractivity contribution < 1.29 is 24.2 Å². The highest BCUT2D eigenvalue weighted by Crippen LogP contribution is 2.15. The SMILES string of the molecule is CC(C)Cc1cccc(C(=O)N[C@@H](CO)C(=O)N[C@@H](Cc2ccccc2)C(=O)[C@H]2CO2)c1. The van der Waals surface area contributed by atoms with Gasteiger partial charge in [0.25, 0.3) is 5.91 Å². The van der Waals surface area contributed by atoms with Crippen molar-refractivity contribution in [2.75, 3.05) is 13.2 Å². The van der Waals surface area contributed by atoms with Crippen molar-refractivity contribution in [2.24, 2.45) is 5.92 Å². The van der Waals surface area contributed by atoms with Crippen LogP contribution in [-0.2, 0) is 27.2 Å². The van der Waals surface area contributed by atoms with E-state index in [0.29, 0.717) is 24.5 Å². The van der Waals surface area contributed by atoms with E-state index in [1.54, 1.807) is 18.2 Å². The zero-order valence-corrected chi connectivity index (χ0v) is 18.4. The first kappa shape index (κ1) is 23.6. The number of carbonyl (C=O) groups excluding carboxylic acids is 3. The van der Waals surface area contributed by atoms with Gasteiger partial charge in [0, 0.05) is 5.56 Å². The molecule has 3 rings (SSSR count). The maximum Gasteiger partial charge on any atom is 0.252 e. The third-order valence-corrected chi connectivity index (χ3v) is 5.23. The second kappa shape index (κ2) is 11.0. The lowest BCUT2D eigenvalue weighted by atomic mass is 10.00. The maximum absolute atomic E-state index is 12.8. The first-order valence-corrected chi connectivity index (χ1v) is 10.9. The lowest BCUT2D eigenvalue weighted by Gasteiger charge is -2.21. The molecular weight excluding hydrogens is 408 g/mol. The molecular formula is C25H30N2O5. The van der Waals surface area contributed by atoms with Crippen LogP contribution in [0.15, 0.2) is 54.6 Å². The normalized spacial score (nSPS) is 16.8. The molecule has 1 heterocycles. The van der Waals surface area contributed by atoms with Gasteiger partial charge in [-0.05, 0) is 42.0 Å². The molecule has 7 nitrogen and oxygen atoms in total. The number of nitrogens with one attached hydrogen (secondary N) is 2. The summed E-state index contributed by atoms with van der Waals surface area (Å²) in [4.78, 5) is 38.2. The van der Waals surface area contributed by atoms with Gasteiger partial charge in [-0.3, -0.25) is 14.4 Å². The minimum absolute atomic E-state index is 0.216. The first-order chi connectivity index (χ1) is 15.4. The Labute approximate surface area is 188 Å². The molecule has 1 aliphatic rings. The Morgan fingerprint density at radius 1 is 0.969 bits per heavy atom. The van der Waals surface area contributed by atoms with Crippen LogP contribution in [0.3, 0.4) is 0 Å². The Morgan fingerprint density at radius 3 is 2.28 bits per heavy atom. The highest BCUT2D eigenvalue weighted by atomic mass is 16.6. The van der Waals surface area contributed by atoms with E-state index in [4.69, 9.17) is 4.74 Å². The van der Waals surface area contributed by atoms with Crippen LogP contribution in [0.5, 0.6) is 0 Å². The molecule has 3 N–H and O–H groups in total. The molecule has 1 saturated heterocycles. The number of hydrogen-bond acceptors (Lipinski definition) is 5. The third-order valence-electron chi connectivity index (χ3n) is 5.23. The third kappa shape index (κ3) is 6.73. The van der Waals surface area contributed by atoms with E-state index < -0.39 is 36.6 Å². The molecule has 1 aliphatic heterocycles. The van der Waals surface area contributed by atoms with E-state index >= 15 is 0 Å². The Kier molecular flexibility index (Phi) is 8.14. The number of aliphatic hydroxyl groups excluding tert-OH is 1. The molecule has 0 saturated carbocycles. The summed E-state index contributed by atoms with van der Waals surface area (Å²) in [6, 6.07) is 14.5. The quantitative estimate of drug-likeness (QED) is 0.463. The van der Waals surface area contributed by atoms with E-state index in [0.717, 1.165) is 17.5 Å². The number of epoxide rings is 1. The fourth-order valence-electron chi connectivity index (χ4n) is 3.53. The van der Waals surface area contributed by atoms with Crippen molar-refractivity contribution in [2.45, 2.75) is 44.9 Å². The molecule has 7 heteroatoms. The number of aliphatic hydroxyl groups is 1. The second-order valence-electron chi connectivity index (χ2n) is 8.48. The van der Waals surface area contributed by atoms with Gasteiger partial charge in [-0.15, -0.1) is 0 Å². The van der Waals surface area contributed by atoms with E-state index in [1.165, 1.54) is 0 Å². The van der Waals surface area contributed by atoms with E-state index in [-0.39, 0.29) is 5.78 Å². The summed E-state index contributed by atoms with van der Waals surface area (Å²) in [5, 5.41) is 15.0. The van der Waals surface area contributed by atoms with Gasteiger partial charge in [0.05, 0.1) is 19.3 Å². The van der Waals surface area contributed by atoms with Crippen LogP contribution >= 0.6 is 0 Å². The Balaban J connectivity index is 1.66. The van der Waals surface area contributed by atoms with Gasteiger partial charge in [0.2, 0.25) is 5.91 Å². The molecule has 2 aromatic rings. The van der Waals surface area contributed by atoms with Crippen molar-refractivity contribution >= 4 is 17.6 Å². The van der Waals surface area contributed by atoms with Crippen LogP contribution in [0.25, 0.3) is 0 Å². The second-order valence-corrected chi connectivity index (χ2v) is 8.48. The topological polar surface area (TPSA) is 108 Å². The highest BCUT2D eigenvalue weighted by molar-refractivity contribution is 5.99. The van der Waals surface area contributed by atoms with Gasteiger partial charge in [-0.1, -0.05) is 56.3 Å². The molecule has 0 aromatic heterocycles. The van der Waals surface area contributed by atoms with Gasteiger partial charge in [-0.25, -0.2) is 0 Å². The van der Waals surface area contributed by atoms with Crippen LogP contribution < -0.4 is 10.6 Å². The van der Waals surface area contributed by atoms with Crippen molar-refractivity contribution in [1.29, 1.82) is 0 Å². The predicted molar refractivity (Wildman–Crippen MR) is 120 cm³/mol. The average molecular weight is 439 g/mol. The summed E-state index contributed by atoms with van der Waals surface area (Å²) in [5.74, 6) is -0.846. The fourth-order valence-corrected chi connectivity index (χ4v) is 3.53. The predicted octanol–water partition coefficient (Wildman–Crippen LogP) is 1.67. The lowest BCUT2D eigenvalue weighted by Crippen LogP contribution is -2.54. The monoisotopic (exact) mass is 438 g/mol. The molecule has 0 radical (unpaired) electrons.